The molecule has 0 spiro atoms. The number of carbonyl (C=O) groups is 1. The van der Waals surface area contributed by atoms with Crippen LogP contribution in [0.2, 0.25) is 5.02 Å². The second kappa shape index (κ2) is 7.99. The average molecular weight is 288 g/mol. The third kappa shape index (κ3) is 5.92. The van der Waals surface area contributed by atoms with Crippen molar-refractivity contribution < 1.29 is 19.4 Å². The number of aliphatic hydroxyl groups excluding tert-OH is 1. The minimum Gasteiger partial charge on any atom is -0.484 e. The number of halogens is 1. The van der Waals surface area contributed by atoms with E-state index >= 15 is 0 Å². The zero-order valence-electron chi connectivity index (χ0n) is 11.0. The normalized spacial score (nSPS) is 12.0. The van der Waals surface area contributed by atoms with E-state index in [9.17, 15) is 9.90 Å². The molecule has 1 aromatic carbocycles. The fraction of sp³-hybridized carbons (Fsp3) is 0.462. The van der Waals surface area contributed by atoms with Gasteiger partial charge in [-0.2, -0.15) is 0 Å². The van der Waals surface area contributed by atoms with Gasteiger partial charge in [-0.3, -0.25) is 4.79 Å². The summed E-state index contributed by atoms with van der Waals surface area (Å²) >= 11 is 5.88. The molecule has 0 saturated heterocycles. The van der Waals surface area contributed by atoms with Crippen molar-refractivity contribution in [1.29, 1.82) is 0 Å². The van der Waals surface area contributed by atoms with Crippen molar-refractivity contribution in [3.8, 4) is 5.75 Å². The lowest BCUT2D eigenvalue weighted by molar-refractivity contribution is -0.123. The SMILES string of the molecule is COCC(O)CNC(=O)COc1ccc(Cl)c(C)c1. The van der Waals surface area contributed by atoms with E-state index in [4.69, 9.17) is 21.1 Å². The molecule has 0 aliphatic carbocycles. The number of hydrogen-bond donors (Lipinski definition) is 2. The molecule has 0 radical (unpaired) electrons. The van der Waals surface area contributed by atoms with Gasteiger partial charge in [0.05, 0.1) is 12.7 Å². The fourth-order valence-electron chi connectivity index (χ4n) is 1.39. The molecule has 1 amide bonds. The molecule has 0 saturated carbocycles. The molecule has 0 fully saturated rings. The maximum atomic E-state index is 11.5. The van der Waals surface area contributed by atoms with Crippen LogP contribution in [0.1, 0.15) is 5.56 Å². The second-order valence-electron chi connectivity index (χ2n) is 4.11. The molecule has 2 N–H and O–H groups in total. The number of amides is 1. The molecular formula is C13H18ClNO4. The lowest BCUT2D eigenvalue weighted by Gasteiger charge is -2.11. The van der Waals surface area contributed by atoms with Gasteiger partial charge in [-0.15, -0.1) is 0 Å². The predicted octanol–water partition coefficient (Wildman–Crippen LogP) is 1.15. The summed E-state index contributed by atoms with van der Waals surface area (Å²) in [5.74, 6) is 0.275. The molecule has 1 aromatic rings. The number of benzene rings is 1. The first kappa shape index (κ1) is 15.8. The van der Waals surface area contributed by atoms with Crippen molar-refractivity contribution in [2.75, 3.05) is 26.9 Å². The van der Waals surface area contributed by atoms with Crippen molar-refractivity contribution in [2.24, 2.45) is 0 Å². The molecule has 5 nitrogen and oxygen atoms in total. The average Bonchev–Trinajstić information content (AvgIpc) is 2.38. The summed E-state index contributed by atoms with van der Waals surface area (Å²) in [6.07, 6.45) is -0.716. The molecule has 0 bridgehead atoms. The quantitative estimate of drug-likeness (QED) is 0.789. The van der Waals surface area contributed by atoms with Crippen molar-refractivity contribution in [3.63, 3.8) is 0 Å². The van der Waals surface area contributed by atoms with Crippen molar-refractivity contribution in [3.05, 3.63) is 28.8 Å². The molecule has 1 unspecified atom stereocenters. The maximum Gasteiger partial charge on any atom is 0.258 e. The fourth-order valence-corrected chi connectivity index (χ4v) is 1.51. The number of carbonyl (C=O) groups excluding carboxylic acids is 1. The van der Waals surface area contributed by atoms with E-state index in [-0.39, 0.29) is 25.7 Å². The molecule has 19 heavy (non-hydrogen) atoms. The summed E-state index contributed by atoms with van der Waals surface area (Å²) < 4.78 is 10.1. The van der Waals surface area contributed by atoms with Gasteiger partial charge >= 0.3 is 0 Å². The van der Waals surface area contributed by atoms with E-state index in [0.717, 1.165) is 5.56 Å². The molecule has 1 rings (SSSR count). The summed E-state index contributed by atoms with van der Waals surface area (Å²) in [4.78, 5) is 11.5. The number of rotatable bonds is 7. The van der Waals surface area contributed by atoms with Gasteiger partial charge in [-0.25, -0.2) is 0 Å². The Morgan fingerprint density at radius 3 is 2.89 bits per heavy atom. The Morgan fingerprint density at radius 1 is 1.53 bits per heavy atom. The molecule has 106 valence electrons. The second-order valence-corrected chi connectivity index (χ2v) is 4.52. The topological polar surface area (TPSA) is 67.8 Å². The lowest BCUT2D eigenvalue weighted by atomic mass is 10.2. The molecular weight excluding hydrogens is 270 g/mol. The Labute approximate surface area is 117 Å². The lowest BCUT2D eigenvalue weighted by Crippen LogP contribution is -2.36. The van der Waals surface area contributed by atoms with Gasteiger partial charge in [-0.05, 0) is 30.7 Å². The molecule has 6 heteroatoms. The molecule has 1 atom stereocenters. The summed E-state index contributed by atoms with van der Waals surface area (Å²) in [5.41, 5.74) is 0.884. The Balaban J connectivity index is 2.31. The van der Waals surface area contributed by atoms with Crippen LogP contribution in [0.3, 0.4) is 0 Å². The Bertz CT molecular complexity index is 425. The highest BCUT2D eigenvalue weighted by atomic mass is 35.5. The number of nitrogens with one attached hydrogen (secondary N) is 1. The number of methoxy groups -OCH3 is 1. The van der Waals surface area contributed by atoms with Crippen molar-refractivity contribution >= 4 is 17.5 Å². The Hall–Kier alpha value is -1.30. The van der Waals surface area contributed by atoms with Crippen LogP contribution in [-0.2, 0) is 9.53 Å². The third-order valence-electron chi connectivity index (χ3n) is 2.39. The third-order valence-corrected chi connectivity index (χ3v) is 2.82. The van der Waals surface area contributed by atoms with Gasteiger partial charge in [0.15, 0.2) is 6.61 Å². The number of ether oxygens (including phenoxy) is 2. The van der Waals surface area contributed by atoms with Crippen LogP contribution in [0.5, 0.6) is 5.75 Å². The van der Waals surface area contributed by atoms with Crippen LogP contribution < -0.4 is 10.1 Å². The number of aliphatic hydroxyl groups is 1. The van der Waals surface area contributed by atoms with E-state index in [1.165, 1.54) is 7.11 Å². The van der Waals surface area contributed by atoms with E-state index in [0.29, 0.717) is 10.8 Å². The minimum atomic E-state index is -0.716. The van der Waals surface area contributed by atoms with Gasteiger partial charge in [-0.1, -0.05) is 11.6 Å². The van der Waals surface area contributed by atoms with Gasteiger partial charge in [0.1, 0.15) is 5.75 Å². The van der Waals surface area contributed by atoms with Crippen LogP contribution in [0, 0.1) is 6.92 Å². The molecule has 0 aliphatic heterocycles. The highest BCUT2D eigenvalue weighted by molar-refractivity contribution is 6.31. The maximum absolute atomic E-state index is 11.5. The highest BCUT2D eigenvalue weighted by Crippen LogP contribution is 2.20. The van der Waals surface area contributed by atoms with Crippen molar-refractivity contribution in [1.82, 2.24) is 5.32 Å². The smallest absolute Gasteiger partial charge is 0.258 e. The van der Waals surface area contributed by atoms with Crippen LogP contribution >= 0.6 is 11.6 Å². The minimum absolute atomic E-state index is 0.110. The summed E-state index contributed by atoms with van der Waals surface area (Å²) in [6.45, 7) is 2.06. The Kier molecular flexibility index (Phi) is 6.62. The largest absolute Gasteiger partial charge is 0.484 e. The van der Waals surface area contributed by atoms with Gasteiger partial charge in [0, 0.05) is 18.7 Å². The van der Waals surface area contributed by atoms with E-state index in [1.807, 2.05) is 6.92 Å². The molecule has 0 aliphatic rings. The van der Waals surface area contributed by atoms with Crippen LogP contribution in [0.25, 0.3) is 0 Å². The van der Waals surface area contributed by atoms with Crippen LogP contribution in [-0.4, -0.2) is 44.0 Å². The zero-order valence-corrected chi connectivity index (χ0v) is 11.7. The van der Waals surface area contributed by atoms with Gasteiger partial charge in [0.2, 0.25) is 0 Å². The number of hydrogen-bond acceptors (Lipinski definition) is 4. The molecule has 0 aromatic heterocycles. The van der Waals surface area contributed by atoms with Crippen molar-refractivity contribution in [2.45, 2.75) is 13.0 Å². The van der Waals surface area contributed by atoms with Crippen LogP contribution in [0.15, 0.2) is 18.2 Å². The monoisotopic (exact) mass is 287 g/mol. The summed E-state index contributed by atoms with van der Waals surface area (Å²) in [6, 6.07) is 5.17. The first-order valence-electron chi connectivity index (χ1n) is 5.85. The first-order chi connectivity index (χ1) is 9.02. The summed E-state index contributed by atoms with van der Waals surface area (Å²) in [5, 5.41) is 12.6. The Morgan fingerprint density at radius 2 is 2.26 bits per heavy atom. The van der Waals surface area contributed by atoms with E-state index in [1.54, 1.807) is 18.2 Å². The van der Waals surface area contributed by atoms with E-state index < -0.39 is 6.10 Å². The van der Waals surface area contributed by atoms with Gasteiger partial charge in [0.25, 0.3) is 5.91 Å². The summed E-state index contributed by atoms with van der Waals surface area (Å²) in [7, 11) is 1.48. The van der Waals surface area contributed by atoms with Crippen LogP contribution in [0.4, 0.5) is 0 Å². The highest BCUT2D eigenvalue weighted by Gasteiger charge is 2.07. The van der Waals surface area contributed by atoms with E-state index in [2.05, 4.69) is 5.32 Å². The zero-order chi connectivity index (χ0) is 14.3. The first-order valence-corrected chi connectivity index (χ1v) is 6.23. The predicted molar refractivity (Wildman–Crippen MR) is 72.6 cm³/mol. The standard InChI is InChI=1S/C13H18ClNO4/c1-9-5-11(3-4-12(9)14)19-8-13(17)15-6-10(16)7-18-2/h3-5,10,16H,6-8H2,1-2H3,(H,15,17). The van der Waals surface area contributed by atoms with Gasteiger partial charge < -0.3 is 19.9 Å². The molecule has 0 heterocycles. The number of aryl methyl sites for hydroxylation is 1.